The topological polar surface area (TPSA) is 92.1 Å². The zero-order valence-corrected chi connectivity index (χ0v) is 16.1. The van der Waals surface area contributed by atoms with Gasteiger partial charge in [-0.3, -0.25) is 9.59 Å². The minimum atomic E-state index is -0.271. The van der Waals surface area contributed by atoms with Gasteiger partial charge in [-0.25, -0.2) is 10.4 Å². The average molecular weight is 387 g/mol. The van der Waals surface area contributed by atoms with Crippen molar-refractivity contribution >= 4 is 34.1 Å². The van der Waals surface area contributed by atoms with E-state index in [0.29, 0.717) is 16.7 Å². The number of hydrogen-bond acceptors (Lipinski definition) is 4. The quantitative estimate of drug-likeness (QED) is 0.393. The molecule has 0 aliphatic heterocycles. The molecule has 0 saturated heterocycles. The van der Waals surface area contributed by atoms with Gasteiger partial charge in [-0.05, 0) is 25.1 Å². The summed E-state index contributed by atoms with van der Waals surface area (Å²) >= 11 is 0. The fraction of sp³-hybridized carbons (Fsp3) is 0.182. The van der Waals surface area contributed by atoms with Gasteiger partial charge in [0.2, 0.25) is 5.91 Å². The molecule has 2 heterocycles. The number of benzene rings is 2. The van der Waals surface area contributed by atoms with Crippen LogP contribution in [0.15, 0.2) is 64.6 Å². The predicted octanol–water partition coefficient (Wildman–Crippen LogP) is 2.98. The molecule has 0 aliphatic rings. The van der Waals surface area contributed by atoms with E-state index in [2.05, 4.69) is 38.1 Å². The number of amides is 1. The third kappa shape index (κ3) is 3.94. The molecule has 0 radical (unpaired) electrons. The van der Waals surface area contributed by atoms with E-state index in [-0.39, 0.29) is 24.3 Å². The van der Waals surface area contributed by atoms with Gasteiger partial charge in [0.25, 0.3) is 5.56 Å². The lowest BCUT2D eigenvalue weighted by atomic mass is 10.2. The van der Waals surface area contributed by atoms with Crippen LogP contribution in [0, 0.1) is 0 Å². The van der Waals surface area contributed by atoms with E-state index in [1.807, 2.05) is 42.6 Å². The summed E-state index contributed by atoms with van der Waals surface area (Å²) < 4.78 is 2.14. The Hall–Kier alpha value is -3.74. The molecule has 0 unspecified atom stereocenters. The fourth-order valence-corrected chi connectivity index (χ4v) is 3.34. The molecule has 29 heavy (non-hydrogen) atoms. The summed E-state index contributed by atoms with van der Waals surface area (Å²) in [6.45, 7) is 2.94. The third-order valence-electron chi connectivity index (χ3n) is 4.81. The number of carbonyl (C=O) groups excluding carboxylic acids is 1. The minimum absolute atomic E-state index is 0.127. The van der Waals surface area contributed by atoms with Crippen LogP contribution in [-0.2, 0) is 17.8 Å². The van der Waals surface area contributed by atoms with Crippen molar-refractivity contribution in [3.8, 4) is 0 Å². The molecule has 2 N–H and O–H groups in total. The second kappa shape index (κ2) is 8.10. The summed E-state index contributed by atoms with van der Waals surface area (Å²) in [6.07, 6.45) is 4.03. The number of fused-ring (bicyclic) bond motifs is 2. The second-order valence-corrected chi connectivity index (χ2v) is 6.71. The second-order valence-electron chi connectivity index (χ2n) is 6.71. The van der Waals surface area contributed by atoms with Crippen molar-refractivity contribution in [2.24, 2.45) is 5.10 Å². The van der Waals surface area contributed by atoms with E-state index < -0.39 is 0 Å². The first-order valence-electron chi connectivity index (χ1n) is 9.53. The van der Waals surface area contributed by atoms with Gasteiger partial charge in [-0.15, -0.1) is 0 Å². The maximum Gasteiger partial charge on any atom is 0.270 e. The lowest BCUT2D eigenvalue weighted by Gasteiger charge is -2.02. The van der Waals surface area contributed by atoms with E-state index in [9.17, 15) is 9.59 Å². The van der Waals surface area contributed by atoms with Gasteiger partial charge < -0.3 is 9.55 Å². The largest absolute Gasteiger partial charge is 0.347 e. The molecule has 146 valence electrons. The number of hydrogen-bond donors (Lipinski definition) is 2. The first-order chi connectivity index (χ1) is 14.2. The summed E-state index contributed by atoms with van der Waals surface area (Å²) in [6, 6.07) is 15.4. The number of para-hydroxylation sites is 3. The Kier molecular flexibility index (Phi) is 5.20. The molecule has 0 fully saturated rings. The van der Waals surface area contributed by atoms with Crippen LogP contribution >= 0.6 is 0 Å². The standard InChI is InChI=1S/C22H21N5O2/c1-2-27-14-15(16-7-3-6-10-20(16)27)13-23-26-21(28)12-11-19-22(29)25-18-9-5-4-8-17(18)24-19/h3-10,13-14H,2,11-12H2,1H3,(H,25,29)(H,26,28)/b23-13-. The Balaban J connectivity index is 1.41. The van der Waals surface area contributed by atoms with Crippen molar-refractivity contribution in [1.29, 1.82) is 0 Å². The van der Waals surface area contributed by atoms with Crippen molar-refractivity contribution < 1.29 is 4.79 Å². The summed E-state index contributed by atoms with van der Waals surface area (Å²) in [7, 11) is 0. The Morgan fingerprint density at radius 2 is 2.00 bits per heavy atom. The molecule has 0 aliphatic carbocycles. The molecule has 7 heteroatoms. The number of nitrogens with zero attached hydrogens (tertiary/aromatic N) is 3. The number of nitrogens with one attached hydrogen (secondary N) is 2. The Morgan fingerprint density at radius 3 is 2.86 bits per heavy atom. The van der Waals surface area contributed by atoms with Crippen molar-refractivity contribution in [2.45, 2.75) is 26.3 Å². The molecule has 0 atom stereocenters. The third-order valence-corrected chi connectivity index (χ3v) is 4.81. The van der Waals surface area contributed by atoms with Crippen LogP contribution < -0.4 is 11.0 Å². The molecule has 2 aromatic heterocycles. The number of aryl methyl sites for hydroxylation is 2. The summed E-state index contributed by atoms with van der Waals surface area (Å²) in [4.78, 5) is 31.4. The van der Waals surface area contributed by atoms with E-state index in [0.717, 1.165) is 23.0 Å². The van der Waals surface area contributed by atoms with Gasteiger partial charge in [0, 0.05) is 42.0 Å². The van der Waals surface area contributed by atoms with Gasteiger partial charge in [0.15, 0.2) is 0 Å². The molecule has 7 nitrogen and oxygen atoms in total. The molecular weight excluding hydrogens is 366 g/mol. The number of hydrazone groups is 1. The molecule has 0 bridgehead atoms. The Morgan fingerprint density at radius 1 is 1.21 bits per heavy atom. The van der Waals surface area contributed by atoms with E-state index >= 15 is 0 Å². The Labute approximate surface area is 167 Å². The van der Waals surface area contributed by atoms with Crippen LogP contribution in [0.2, 0.25) is 0 Å². The highest BCUT2D eigenvalue weighted by Gasteiger charge is 2.08. The zero-order chi connectivity index (χ0) is 20.2. The minimum Gasteiger partial charge on any atom is -0.347 e. The highest BCUT2D eigenvalue weighted by molar-refractivity contribution is 5.99. The molecule has 4 aromatic rings. The van der Waals surface area contributed by atoms with Crippen LogP contribution in [0.1, 0.15) is 24.6 Å². The van der Waals surface area contributed by atoms with Gasteiger partial charge in [0.05, 0.1) is 17.2 Å². The number of carbonyl (C=O) groups is 1. The van der Waals surface area contributed by atoms with Crippen LogP contribution in [0.25, 0.3) is 21.9 Å². The molecule has 4 rings (SSSR count). The first kappa shape index (κ1) is 18.6. The number of rotatable bonds is 6. The lowest BCUT2D eigenvalue weighted by Crippen LogP contribution is -2.21. The molecular formula is C22H21N5O2. The van der Waals surface area contributed by atoms with Gasteiger partial charge >= 0.3 is 0 Å². The summed E-state index contributed by atoms with van der Waals surface area (Å²) in [5.74, 6) is -0.269. The van der Waals surface area contributed by atoms with E-state index in [1.165, 1.54) is 0 Å². The van der Waals surface area contributed by atoms with E-state index in [4.69, 9.17) is 0 Å². The van der Waals surface area contributed by atoms with Gasteiger partial charge in [0.1, 0.15) is 5.69 Å². The molecule has 2 aromatic carbocycles. The summed E-state index contributed by atoms with van der Waals surface area (Å²) in [5.41, 5.74) is 6.05. The van der Waals surface area contributed by atoms with Crippen molar-refractivity contribution in [1.82, 2.24) is 20.0 Å². The smallest absolute Gasteiger partial charge is 0.270 e. The number of aromatic nitrogens is 3. The van der Waals surface area contributed by atoms with Crippen LogP contribution in [0.5, 0.6) is 0 Å². The van der Waals surface area contributed by atoms with Crippen LogP contribution in [0.4, 0.5) is 0 Å². The normalized spacial score (nSPS) is 11.5. The van der Waals surface area contributed by atoms with E-state index in [1.54, 1.807) is 12.3 Å². The van der Waals surface area contributed by atoms with Crippen molar-refractivity contribution in [2.75, 3.05) is 0 Å². The highest BCUT2D eigenvalue weighted by atomic mass is 16.2. The zero-order valence-electron chi connectivity index (χ0n) is 16.1. The molecule has 0 spiro atoms. The van der Waals surface area contributed by atoms with Crippen molar-refractivity contribution in [3.63, 3.8) is 0 Å². The first-order valence-corrected chi connectivity index (χ1v) is 9.53. The average Bonchev–Trinajstić information content (AvgIpc) is 3.10. The van der Waals surface area contributed by atoms with Gasteiger partial charge in [-0.1, -0.05) is 30.3 Å². The maximum absolute atomic E-state index is 12.1. The molecule has 0 saturated carbocycles. The number of H-pyrrole nitrogens is 1. The maximum atomic E-state index is 12.1. The fourth-order valence-electron chi connectivity index (χ4n) is 3.34. The van der Waals surface area contributed by atoms with Gasteiger partial charge in [-0.2, -0.15) is 5.10 Å². The van der Waals surface area contributed by atoms with Crippen LogP contribution in [0.3, 0.4) is 0 Å². The highest BCUT2D eigenvalue weighted by Crippen LogP contribution is 2.19. The number of aromatic amines is 1. The Bertz CT molecular complexity index is 1270. The predicted molar refractivity (Wildman–Crippen MR) is 114 cm³/mol. The monoisotopic (exact) mass is 387 g/mol. The van der Waals surface area contributed by atoms with Crippen LogP contribution in [-0.4, -0.2) is 26.7 Å². The van der Waals surface area contributed by atoms with Crippen molar-refractivity contribution in [3.05, 3.63) is 76.3 Å². The SMILES string of the molecule is CCn1cc(/C=N\NC(=O)CCc2nc3ccccc3[nH]c2=O)c2ccccc21. The lowest BCUT2D eigenvalue weighted by molar-refractivity contribution is -0.121. The summed E-state index contributed by atoms with van der Waals surface area (Å²) in [5, 5.41) is 5.16. The molecule has 1 amide bonds.